The lowest BCUT2D eigenvalue weighted by Crippen LogP contribution is -2.17. The molecule has 0 fully saturated rings. The molecule has 3 heterocycles. The number of nitrogens with zero attached hydrogens (tertiary/aromatic N) is 3. The van der Waals surface area contributed by atoms with Gasteiger partial charge in [-0.1, -0.05) is 24.3 Å². The third-order valence-electron chi connectivity index (χ3n) is 5.66. The molecule has 5 aromatic rings. The molecule has 32 heavy (non-hydrogen) atoms. The first-order chi connectivity index (χ1) is 15.5. The summed E-state index contributed by atoms with van der Waals surface area (Å²) in [6, 6.07) is 18.7. The molecule has 0 aliphatic heterocycles. The Balaban J connectivity index is 1.42. The van der Waals surface area contributed by atoms with E-state index in [1.807, 2.05) is 31.2 Å². The fourth-order valence-corrected chi connectivity index (χ4v) is 4.25. The van der Waals surface area contributed by atoms with E-state index in [4.69, 9.17) is 10.5 Å². The highest BCUT2D eigenvalue weighted by Gasteiger charge is 2.13. The van der Waals surface area contributed by atoms with Crippen LogP contribution in [-0.4, -0.2) is 39.0 Å². The van der Waals surface area contributed by atoms with Crippen LogP contribution in [0.1, 0.15) is 17.0 Å². The van der Waals surface area contributed by atoms with Gasteiger partial charge >= 0.3 is 0 Å². The highest BCUT2D eigenvalue weighted by Crippen LogP contribution is 2.31. The van der Waals surface area contributed by atoms with E-state index in [9.17, 15) is 0 Å². The Morgan fingerprint density at radius 1 is 1.00 bits per heavy atom. The smallest absolute Gasteiger partial charge is 0.180 e. The van der Waals surface area contributed by atoms with Crippen LogP contribution in [0.2, 0.25) is 0 Å². The quantitative estimate of drug-likeness (QED) is 0.368. The zero-order chi connectivity index (χ0) is 22.2. The minimum atomic E-state index is 0.455. The number of rotatable bonds is 6. The summed E-state index contributed by atoms with van der Waals surface area (Å²) < 4.78 is 5.49. The molecular weight excluding hydrogens is 400 g/mol. The van der Waals surface area contributed by atoms with Gasteiger partial charge in [-0.15, -0.1) is 0 Å². The van der Waals surface area contributed by atoms with Crippen molar-refractivity contribution >= 4 is 27.9 Å². The van der Waals surface area contributed by atoms with Crippen LogP contribution in [0, 0.1) is 6.92 Å². The number of ether oxygens (including phenoxy) is 1. The van der Waals surface area contributed by atoms with Gasteiger partial charge in [0.2, 0.25) is 0 Å². The number of aryl methyl sites for hydroxylation is 1. The van der Waals surface area contributed by atoms with Crippen LogP contribution in [0.25, 0.3) is 33.3 Å². The lowest BCUT2D eigenvalue weighted by atomic mass is 10.1. The number of pyridine rings is 1. The van der Waals surface area contributed by atoms with Gasteiger partial charge in [-0.05, 0) is 49.9 Å². The lowest BCUT2D eigenvalue weighted by molar-refractivity contribution is 0.310. The van der Waals surface area contributed by atoms with E-state index in [1.54, 1.807) is 7.11 Å². The zero-order valence-electron chi connectivity index (χ0n) is 18.4. The van der Waals surface area contributed by atoms with Crippen molar-refractivity contribution in [1.82, 2.24) is 24.8 Å². The highest BCUT2D eigenvalue weighted by atomic mass is 16.5. The maximum absolute atomic E-state index is 6.04. The van der Waals surface area contributed by atoms with Crippen LogP contribution < -0.4 is 10.5 Å². The molecule has 162 valence electrons. The van der Waals surface area contributed by atoms with Crippen molar-refractivity contribution in [2.24, 2.45) is 0 Å². The number of methoxy groups -OCH3 is 1. The highest BCUT2D eigenvalue weighted by molar-refractivity contribution is 5.95. The number of anilines is 1. The van der Waals surface area contributed by atoms with E-state index >= 15 is 0 Å². The van der Waals surface area contributed by atoms with Crippen LogP contribution in [0.3, 0.4) is 0 Å². The summed E-state index contributed by atoms with van der Waals surface area (Å²) in [5, 5.41) is 1.16. The molecule has 0 atom stereocenters. The summed E-state index contributed by atoms with van der Waals surface area (Å²) in [6.07, 6.45) is 0. The Labute approximate surface area is 186 Å². The molecule has 2 aromatic carbocycles. The summed E-state index contributed by atoms with van der Waals surface area (Å²) >= 11 is 0. The maximum atomic E-state index is 6.04. The molecule has 0 aliphatic carbocycles. The van der Waals surface area contributed by atoms with Gasteiger partial charge in [0.15, 0.2) is 5.65 Å². The molecule has 7 nitrogen and oxygen atoms in total. The second-order valence-corrected chi connectivity index (χ2v) is 8.20. The molecule has 3 aromatic heterocycles. The van der Waals surface area contributed by atoms with Crippen LogP contribution in [0.15, 0.2) is 54.6 Å². The van der Waals surface area contributed by atoms with Crippen molar-refractivity contribution in [3.8, 4) is 17.0 Å². The van der Waals surface area contributed by atoms with Crippen LogP contribution >= 0.6 is 0 Å². The molecule has 0 aliphatic rings. The van der Waals surface area contributed by atoms with Gasteiger partial charge < -0.3 is 20.4 Å². The van der Waals surface area contributed by atoms with Gasteiger partial charge in [-0.2, -0.15) is 0 Å². The van der Waals surface area contributed by atoms with E-state index in [-0.39, 0.29) is 0 Å². The topological polar surface area (TPSA) is 95.8 Å². The van der Waals surface area contributed by atoms with Crippen molar-refractivity contribution in [3.05, 3.63) is 71.5 Å². The molecule has 0 bridgehead atoms. The summed E-state index contributed by atoms with van der Waals surface area (Å²) in [7, 11) is 3.83. The molecule has 0 amide bonds. The molecule has 7 heteroatoms. The minimum absolute atomic E-state index is 0.455. The van der Waals surface area contributed by atoms with Gasteiger partial charge in [0, 0.05) is 40.8 Å². The van der Waals surface area contributed by atoms with E-state index in [2.05, 4.69) is 62.2 Å². The van der Waals surface area contributed by atoms with E-state index in [1.165, 1.54) is 11.1 Å². The Morgan fingerprint density at radius 3 is 2.69 bits per heavy atom. The van der Waals surface area contributed by atoms with E-state index in [0.717, 1.165) is 52.3 Å². The standard InChI is InChI=1S/C25H26N6O/c1-15-27-24-19(12-23(26)30-25(24)28-15)21-11-18-10-16(8-9-20(18)29-21)13-31(2)14-17-6-4-5-7-22(17)32-3/h4-12,29H,13-14H2,1-3H3,(H3,26,27,28,30). The fourth-order valence-electron chi connectivity index (χ4n) is 4.25. The second-order valence-electron chi connectivity index (χ2n) is 8.20. The number of fused-ring (bicyclic) bond motifs is 2. The number of nitrogens with one attached hydrogen (secondary N) is 2. The van der Waals surface area contributed by atoms with Crippen molar-refractivity contribution in [2.45, 2.75) is 20.0 Å². The first-order valence-corrected chi connectivity index (χ1v) is 10.6. The number of nitrogens with two attached hydrogens (primary N) is 1. The lowest BCUT2D eigenvalue weighted by Gasteiger charge is -2.18. The van der Waals surface area contributed by atoms with Crippen LogP contribution in [0.5, 0.6) is 5.75 Å². The largest absolute Gasteiger partial charge is 0.496 e. The number of benzene rings is 2. The number of para-hydroxylation sites is 1. The molecule has 0 saturated carbocycles. The van der Waals surface area contributed by atoms with Crippen molar-refractivity contribution in [1.29, 1.82) is 0 Å². The van der Waals surface area contributed by atoms with Gasteiger partial charge in [0.05, 0.1) is 12.6 Å². The van der Waals surface area contributed by atoms with Gasteiger partial charge in [-0.25, -0.2) is 9.97 Å². The van der Waals surface area contributed by atoms with E-state index < -0.39 is 0 Å². The molecule has 0 radical (unpaired) electrons. The van der Waals surface area contributed by atoms with Gasteiger partial charge in [0.1, 0.15) is 17.4 Å². The number of imidazole rings is 1. The van der Waals surface area contributed by atoms with Gasteiger partial charge in [-0.3, -0.25) is 4.90 Å². The first-order valence-electron chi connectivity index (χ1n) is 10.6. The SMILES string of the molecule is COc1ccccc1CN(C)Cc1ccc2[nH]c(-c3cc(N)nc4nc(C)[nH]c34)cc2c1. The van der Waals surface area contributed by atoms with Crippen molar-refractivity contribution in [3.63, 3.8) is 0 Å². The number of H-pyrrole nitrogens is 2. The average Bonchev–Trinajstić information content (AvgIpc) is 3.35. The predicted molar refractivity (Wildman–Crippen MR) is 128 cm³/mol. The predicted octanol–water partition coefficient (Wildman–Crippen LogP) is 4.64. The maximum Gasteiger partial charge on any atom is 0.180 e. The summed E-state index contributed by atoms with van der Waals surface area (Å²) in [5.74, 6) is 2.19. The molecule has 4 N–H and O–H groups in total. The summed E-state index contributed by atoms with van der Waals surface area (Å²) in [5.41, 5.74) is 13.0. The fraction of sp³-hybridized carbons (Fsp3) is 0.200. The van der Waals surface area contributed by atoms with Crippen LogP contribution in [-0.2, 0) is 13.1 Å². The molecule has 0 spiro atoms. The average molecular weight is 427 g/mol. The molecule has 0 saturated heterocycles. The summed E-state index contributed by atoms with van der Waals surface area (Å²) in [6.45, 7) is 3.56. The second kappa shape index (κ2) is 8.01. The number of hydrogen-bond donors (Lipinski definition) is 3. The number of aromatic amines is 2. The molecule has 5 rings (SSSR count). The van der Waals surface area contributed by atoms with E-state index in [0.29, 0.717) is 11.5 Å². The Kier molecular flexibility index (Phi) is 5.03. The van der Waals surface area contributed by atoms with Crippen LogP contribution in [0.4, 0.5) is 5.82 Å². The Hall–Kier alpha value is -3.84. The van der Waals surface area contributed by atoms with Crippen molar-refractivity contribution < 1.29 is 4.74 Å². The third kappa shape index (κ3) is 3.78. The number of aromatic nitrogens is 4. The Morgan fingerprint density at radius 2 is 1.84 bits per heavy atom. The molecular formula is C25H26N6O. The van der Waals surface area contributed by atoms with Crippen molar-refractivity contribution in [2.75, 3.05) is 19.9 Å². The Bertz CT molecular complexity index is 1420. The third-order valence-corrected chi connectivity index (χ3v) is 5.66. The number of nitrogen functional groups attached to an aromatic ring is 1. The monoisotopic (exact) mass is 426 g/mol. The normalized spacial score (nSPS) is 11.6. The summed E-state index contributed by atoms with van der Waals surface area (Å²) in [4.78, 5) is 17.9. The zero-order valence-corrected chi connectivity index (χ0v) is 18.4. The first kappa shape index (κ1) is 20.1. The number of hydrogen-bond acceptors (Lipinski definition) is 5. The van der Waals surface area contributed by atoms with Gasteiger partial charge in [0.25, 0.3) is 0 Å². The molecule has 0 unspecified atom stereocenters. The minimum Gasteiger partial charge on any atom is -0.496 e.